The minimum atomic E-state index is -0.153. The molecule has 1 N–H and O–H groups in total. The Morgan fingerprint density at radius 2 is 1.92 bits per heavy atom. The number of hydrogen-bond donors (Lipinski definition) is 1. The molecule has 6 nitrogen and oxygen atoms in total. The molecule has 128 valence electrons. The van der Waals surface area contributed by atoms with E-state index < -0.39 is 0 Å². The van der Waals surface area contributed by atoms with Crippen LogP contribution in [-0.2, 0) is 11.8 Å². The van der Waals surface area contributed by atoms with Crippen LogP contribution in [0.4, 0.5) is 11.4 Å². The van der Waals surface area contributed by atoms with E-state index in [-0.39, 0.29) is 18.1 Å². The van der Waals surface area contributed by atoms with Gasteiger partial charge < -0.3 is 15.0 Å². The third-order valence-electron chi connectivity index (χ3n) is 4.15. The van der Waals surface area contributed by atoms with Gasteiger partial charge in [0.2, 0.25) is 0 Å². The number of ether oxygens (including phenoxy) is 1. The number of carbonyl (C=O) groups is 1. The smallest absolute Gasteiger partial charge is 0.273 e. The lowest BCUT2D eigenvalue weighted by molar-refractivity contribution is -0.00517. The monoisotopic (exact) mass is 328 g/mol. The highest BCUT2D eigenvalue weighted by Gasteiger charge is 2.24. The lowest BCUT2D eigenvalue weighted by atomic mass is 10.1. The largest absolute Gasteiger partial charge is 0.372 e. The van der Waals surface area contributed by atoms with Crippen molar-refractivity contribution in [2.45, 2.75) is 33.0 Å². The number of morpholine rings is 1. The van der Waals surface area contributed by atoms with E-state index in [1.54, 1.807) is 17.8 Å². The lowest BCUT2D eigenvalue weighted by Gasteiger charge is -2.37. The number of benzene rings is 1. The topological polar surface area (TPSA) is 59.4 Å². The summed E-state index contributed by atoms with van der Waals surface area (Å²) in [5.41, 5.74) is 3.20. The zero-order valence-corrected chi connectivity index (χ0v) is 14.6. The van der Waals surface area contributed by atoms with Crippen LogP contribution in [0.25, 0.3) is 0 Å². The average Bonchev–Trinajstić information content (AvgIpc) is 2.85. The van der Waals surface area contributed by atoms with Crippen molar-refractivity contribution in [3.05, 3.63) is 41.7 Å². The van der Waals surface area contributed by atoms with Crippen molar-refractivity contribution in [2.24, 2.45) is 7.05 Å². The Morgan fingerprint density at radius 3 is 2.54 bits per heavy atom. The fourth-order valence-electron chi connectivity index (χ4n) is 3.24. The molecular formula is C18H24N4O2. The van der Waals surface area contributed by atoms with E-state index in [9.17, 15) is 4.79 Å². The van der Waals surface area contributed by atoms with Gasteiger partial charge in [-0.05, 0) is 39.0 Å². The van der Waals surface area contributed by atoms with Crippen molar-refractivity contribution in [1.29, 1.82) is 0 Å². The van der Waals surface area contributed by atoms with E-state index in [2.05, 4.69) is 29.2 Å². The number of hydrogen-bond acceptors (Lipinski definition) is 4. The molecule has 0 radical (unpaired) electrons. The molecule has 2 aromatic rings. The number of anilines is 2. The first-order valence-corrected chi connectivity index (χ1v) is 8.25. The molecule has 1 aliphatic rings. The normalized spacial score (nSPS) is 20.9. The predicted octanol–water partition coefficient (Wildman–Crippen LogP) is 2.59. The Kier molecular flexibility index (Phi) is 4.57. The molecular weight excluding hydrogens is 304 g/mol. The standard InChI is InChI=1S/C18H24N4O2/c1-12-9-17(21(4)20-12)18(23)19-15-7-5-6-8-16(15)22-10-13(2)24-14(3)11-22/h5-9,13-14H,10-11H2,1-4H3,(H,19,23)/t13-,14+. The van der Waals surface area contributed by atoms with Gasteiger partial charge in [0.25, 0.3) is 5.91 Å². The summed E-state index contributed by atoms with van der Waals surface area (Å²) in [5.74, 6) is -0.153. The molecule has 2 heterocycles. The van der Waals surface area contributed by atoms with Crippen molar-refractivity contribution in [3.63, 3.8) is 0 Å². The second-order valence-corrected chi connectivity index (χ2v) is 6.43. The van der Waals surface area contributed by atoms with Crippen LogP contribution < -0.4 is 10.2 Å². The highest BCUT2D eigenvalue weighted by Crippen LogP contribution is 2.28. The second kappa shape index (κ2) is 6.65. The van der Waals surface area contributed by atoms with E-state index in [0.29, 0.717) is 5.69 Å². The van der Waals surface area contributed by atoms with Gasteiger partial charge in [0.05, 0.1) is 29.3 Å². The minimum Gasteiger partial charge on any atom is -0.372 e. The van der Waals surface area contributed by atoms with Gasteiger partial charge >= 0.3 is 0 Å². The lowest BCUT2D eigenvalue weighted by Crippen LogP contribution is -2.45. The summed E-state index contributed by atoms with van der Waals surface area (Å²) in [7, 11) is 1.78. The second-order valence-electron chi connectivity index (χ2n) is 6.43. The van der Waals surface area contributed by atoms with Crippen LogP contribution in [-0.4, -0.2) is 41.0 Å². The maximum atomic E-state index is 12.6. The summed E-state index contributed by atoms with van der Waals surface area (Å²) in [4.78, 5) is 14.9. The Morgan fingerprint density at radius 1 is 1.25 bits per heavy atom. The van der Waals surface area contributed by atoms with Crippen LogP contribution in [0.1, 0.15) is 30.0 Å². The molecule has 0 spiro atoms. The third kappa shape index (κ3) is 3.43. The van der Waals surface area contributed by atoms with Crippen molar-refractivity contribution < 1.29 is 9.53 Å². The van der Waals surface area contributed by atoms with E-state index in [1.165, 1.54) is 0 Å². The van der Waals surface area contributed by atoms with E-state index >= 15 is 0 Å². The van der Waals surface area contributed by atoms with Crippen molar-refractivity contribution in [2.75, 3.05) is 23.3 Å². The number of amides is 1. The minimum absolute atomic E-state index is 0.153. The van der Waals surface area contributed by atoms with Crippen molar-refractivity contribution in [1.82, 2.24) is 9.78 Å². The van der Waals surface area contributed by atoms with E-state index in [1.807, 2.05) is 31.2 Å². The Bertz CT molecular complexity index is 730. The first kappa shape index (κ1) is 16.5. The Labute approximate surface area is 142 Å². The maximum absolute atomic E-state index is 12.6. The van der Waals surface area contributed by atoms with E-state index in [4.69, 9.17) is 4.74 Å². The Hall–Kier alpha value is -2.34. The molecule has 24 heavy (non-hydrogen) atoms. The quantitative estimate of drug-likeness (QED) is 0.941. The van der Waals surface area contributed by atoms with Crippen molar-refractivity contribution >= 4 is 17.3 Å². The molecule has 1 saturated heterocycles. The molecule has 1 fully saturated rings. The average molecular weight is 328 g/mol. The van der Waals surface area contributed by atoms with Crippen LogP contribution in [0.5, 0.6) is 0 Å². The summed E-state index contributed by atoms with van der Waals surface area (Å²) in [6.07, 6.45) is 0.328. The number of carbonyl (C=O) groups excluding carboxylic acids is 1. The van der Waals surface area contributed by atoms with Crippen molar-refractivity contribution in [3.8, 4) is 0 Å². The number of rotatable bonds is 3. The fourth-order valence-corrected chi connectivity index (χ4v) is 3.24. The molecule has 0 saturated carbocycles. The van der Waals surface area contributed by atoms with Gasteiger partial charge in [0, 0.05) is 20.1 Å². The molecule has 1 aromatic heterocycles. The number of nitrogens with zero attached hydrogens (tertiary/aromatic N) is 3. The van der Waals surface area contributed by atoms with Crippen LogP contribution in [0, 0.1) is 6.92 Å². The summed E-state index contributed by atoms with van der Waals surface area (Å²) < 4.78 is 7.41. The molecule has 6 heteroatoms. The first-order valence-electron chi connectivity index (χ1n) is 8.25. The third-order valence-corrected chi connectivity index (χ3v) is 4.15. The predicted molar refractivity (Wildman–Crippen MR) is 94.6 cm³/mol. The van der Waals surface area contributed by atoms with Crippen LogP contribution in [0.3, 0.4) is 0 Å². The molecule has 0 unspecified atom stereocenters. The fraction of sp³-hybridized carbons (Fsp3) is 0.444. The zero-order valence-electron chi connectivity index (χ0n) is 14.6. The number of aromatic nitrogens is 2. The van der Waals surface area contributed by atoms with Gasteiger partial charge in [-0.3, -0.25) is 9.48 Å². The molecule has 1 aliphatic heterocycles. The van der Waals surface area contributed by atoms with Gasteiger partial charge in [0.1, 0.15) is 5.69 Å². The van der Waals surface area contributed by atoms with Gasteiger partial charge in [0.15, 0.2) is 0 Å². The van der Waals surface area contributed by atoms with Gasteiger partial charge in [-0.15, -0.1) is 0 Å². The number of nitrogens with one attached hydrogen (secondary N) is 1. The van der Waals surface area contributed by atoms with Gasteiger partial charge in [-0.1, -0.05) is 12.1 Å². The zero-order chi connectivity index (χ0) is 17.3. The summed E-state index contributed by atoms with van der Waals surface area (Å²) in [6.45, 7) is 7.63. The number of para-hydroxylation sites is 2. The van der Waals surface area contributed by atoms with Gasteiger partial charge in [-0.2, -0.15) is 5.10 Å². The van der Waals surface area contributed by atoms with Crippen LogP contribution in [0.2, 0.25) is 0 Å². The molecule has 0 aliphatic carbocycles. The Balaban J connectivity index is 1.84. The highest BCUT2D eigenvalue weighted by atomic mass is 16.5. The molecule has 1 amide bonds. The molecule has 0 bridgehead atoms. The summed E-state index contributed by atoms with van der Waals surface area (Å²) >= 11 is 0. The molecule has 2 atom stereocenters. The summed E-state index contributed by atoms with van der Waals surface area (Å²) in [5, 5.41) is 7.26. The number of aryl methyl sites for hydroxylation is 2. The van der Waals surface area contributed by atoms with Crippen LogP contribution in [0.15, 0.2) is 30.3 Å². The first-order chi connectivity index (χ1) is 11.4. The SMILES string of the molecule is Cc1cc(C(=O)Nc2ccccc2N2C[C@@H](C)O[C@@H](C)C2)n(C)n1. The maximum Gasteiger partial charge on any atom is 0.273 e. The van der Waals surface area contributed by atoms with Gasteiger partial charge in [-0.25, -0.2) is 0 Å². The van der Waals surface area contributed by atoms with Crippen LogP contribution >= 0.6 is 0 Å². The summed E-state index contributed by atoms with van der Waals surface area (Å²) in [6, 6.07) is 9.68. The molecule has 3 rings (SSSR count). The molecule has 1 aromatic carbocycles. The van der Waals surface area contributed by atoms with E-state index in [0.717, 1.165) is 30.2 Å². The highest BCUT2D eigenvalue weighted by molar-refractivity contribution is 6.05.